The van der Waals surface area contributed by atoms with Crippen molar-refractivity contribution in [2.24, 2.45) is 0 Å². The minimum atomic E-state index is -0.934. The van der Waals surface area contributed by atoms with E-state index >= 15 is 0 Å². The van der Waals surface area contributed by atoms with Gasteiger partial charge in [-0.25, -0.2) is 8.78 Å². The molecule has 5 heteroatoms. The van der Waals surface area contributed by atoms with Crippen molar-refractivity contribution in [3.05, 3.63) is 35.4 Å². The number of aliphatic hydroxyl groups is 1. The molecule has 0 atom stereocenters. The fraction of sp³-hybridized carbons (Fsp3) is 0.500. The summed E-state index contributed by atoms with van der Waals surface area (Å²) in [5.41, 5.74) is -0.799. The van der Waals surface area contributed by atoms with E-state index in [2.05, 4.69) is 5.32 Å². The molecule has 0 radical (unpaired) electrons. The lowest BCUT2D eigenvalue weighted by atomic mass is 9.97. The topological polar surface area (TPSA) is 49.3 Å². The van der Waals surface area contributed by atoms with Crippen molar-refractivity contribution in [3.8, 4) is 0 Å². The normalized spacial score (nSPS) is 11.4. The summed E-state index contributed by atoms with van der Waals surface area (Å²) >= 11 is 0. The second-order valence-corrected chi connectivity index (χ2v) is 4.62. The minimum absolute atomic E-state index is 0.127. The second kappa shape index (κ2) is 6.61. The van der Waals surface area contributed by atoms with Crippen molar-refractivity contribution in [2.75, 3.05) is 6.54 Å². The molecule has 0 aliphatic carbocycles. The Kier molecular flexibility index (Phi) is 5.42. The number of hydrogen-bond donors (Lipinski definition) is 2. The Morgan fingerprint density at radius 1 is 1.32 bits per heavy atom. The number of hydrogen-bond acceptors (Lipinski definition) is 2. The van der Waals surface area contributed by atoms with Crippen molar-refractivity contribution in [3.63, 3.8) is 0 Å². The number of benzene rings is 1. The quantitative estimate of drug-likeness (QED) is 0.833. The molecule has 1 aromatic carbocycles. The van der Waals surface area contributed by atoms with Crippen molar-refractivity contribution in [2.45, 2.75) is 38.7 Å². The summed E-state index contributed by atoms with van der Waals surface area (Å²) < 4.78 is 26.1. The van der Waals surface area contributed by atoms with Gasteiger partial charge in [0, 0.05) is 12.6 Å². The molecule has 1 aromatic rings. The van der Waals surface area contributed by atoms with Gasteiger partial charge in [-0.05, 0) is 24.5 Å². The Morgan fingerprint density at radius 2 is 1.95 bits per heavy atom. The van der Waals surface area contributed by atoms with Crippen LogP contribution in [0.2, 0.25) is 0 Å². The fourth-order valence-corrected chi connectivity index (χ4v) is 1.66. The van der Waals surface area contributed by atoms with Crippen LogP contribution < -0.4 is 5.32 Å². The largest absolute Gasteiger partial charge is 0.388 e. The molecule has 0 unspecified atom stereocenters. The molecule has 0 saturated heterocycles. The first-order valence-electron chi connectivity index (χ1n) is 6.33. The predicted molar refractivity (Wildman–Crippen MR) is 68.6 cm³/mol. The van der Waals surface area contributed by atoms with Gasteiger partial charge < -0.3 is 10.4 Å². The molecular weight excluding hydrogens is 252 g/mol. The van der Waals surface area contributed by atoms with Crippen molar-refractivity contribution in [1.29, 1.82) is 0 Å². The van der Waals surface area contributed by atoms with Crippen LogP contribution in [0.5, 0.6) is 0 Å². The van der Waals surface area contributed by atoms with Crippen LogP contribution in [0.4, 0.5) is 8.78 Å². The summed E-state index contributed by atoms with van der Waals surface area (Å²) in [7, 11) is 0. The Hall–Kier alpha value is -1.49. The predicted octanol–water partition coefficient (Wildman–Crippen LogP) is 2.17. The van der Waals surface area contributed by atoms with Crippen LogP contribution in [0.1, 0.15) is 32.3 Å². The SMILES string of the molecule is CCC(O)(CC)CNC(=O)Cc1ccc(F)cc1F. The van der Waals surface area contributed by atoms with Gasteiger partial charge in [0.25, 0.3) is 0 Å². The maximum Gasteiger partial charge on any atom is 0.224 e. The van der Waals surface area contributed by atoms with E-state index in [1.165, 1.54) is 6.07 Å². The summed E-state index contributed by atoms with van der Waals surface area (Å²) in [6, 6.07) is 3.10. The van der Waals surface area contributed by atoms with E-state index in [9.17, 15) is 18.7 Å². The first-order chi connectivity index (χ1) is 8.90. The van der Waals surface area contributed by atoms with Crippen LogP contribution in [0.3, 0.4) is 0 Å². The number of amides is 1. The molecule has 106 valence electrons. The van der Waals surface area contributed by atoms with E-state index in [0.29, 0.717) is 12.8 Å². The van der Waals surface area contributed by atoms with E-state index in [4.69, 9.17) is 0 Å². The summed E-state index contributed by atoms with van der Waals surface area (Å²) in [6.07, 6.45) is 0.874. The lowest BCUT2D eigenvalue weighted by molar-refractivity contribution is -0.121. The third-order valence-corrected chi connectivity index (χ3v) is 3.30. The maximum absolute atomic E-state index is 13.3. The summed E-state index contributed by atoms with van der Waals surface area (Å²) in [5.74, 6) is -1.81. The molecule has 0 aromatic heterocycles. The molecule has 0 aliphatic rings. The average Bonchev–Trinajstić information content (AvgIpc) is 2.39. The van der Waals surface area contributed by atoms with Gasteiger partial charge in [0.1, 0.15) is 11.6 Å². The van der Waals surface area contributed by atoms with Crippen molar-refractivity contribution in [1.82, 2.24) is 5.32 Å². The molecule has 0 aliphatic heterocycles. The van der Waals surface area contributed by atoms with Crippen LogP contribution in [-0.4, -0.2) is 23.2 Å². The smallest absolute Gasteiger partial charge is 0.224 e. The molecule has 3 nitrogen and oxygen atoms in total. The van der Waals surface area contributed by atoms with Crippen molar-refractivity contribution < 1.29 is 18.7 Å². The number of carbonyl (C=O) groups excluding carboxylic acids is 1. The molecule has 0 saturated carbocycles. The third-order valence-electron chi connectivity index (χ3n) is 3.30. The lowest BCUT2D eigenvalue weighted by Crippen LogP contribution is -2.42. The first-order valence-corrected chi connectivity index (χ1v) is 6.33. The van der Waals surface area contributed by atoms with Gasteiger partial charge in [0.15, 0.2) is 0 Å². The Bertz CT molecular complexity index is 445. The van der Waals surface area contributed by atoms with E-state index in [-0.39, 0.29) is 18.5 Å². The number of nitrogens with one attached hydrogen (secondary N) is 1. The van der Waals surface area contributed by atoms with Gasteiger partial charge in [-0.15, -0.1) is 0 Å². The highest BCUT2D eigenvalue weighted by atomic mass is 19.1. The zero-order valence-corrected chi connectivity index (χ0v) is 11.2. The highest BCUT2D eigenvalue weighted by molar-refractivity contribution is 5.78. The summed E-state index contributed by atoms with van der Waals surface area (Å²) in [6.45, 7) is 3.78. The zero-order valence-electron chi connectivity index (χ0n) is 11.2. The third kappa shape index (κ3) is 4.59. The lowest BCUT2D eigenvalue weighted by Gasteiger charge is -2.25. The molecule has 0 spiro atoms. The molecule has 1 rings (SSSR count). The van der Waals surface area contributed by atoms with E-state index in [1.807, 2.05) is 13.8 Å². The van der Waals surface area contributed by atoms with E-state index < -0.39 is 23.1 Å². The van der Waals surface area contributed by atoms with Crippen LogP contribution in [0.25, 0.3) is 0 Å². The molecule has 0 fully saturated rings. The summed E-state index contributed by atoms with van der Waals surface area (Å²) in [5, 5.41) is 12.6. The number of halogens is 2. The second-order valence-electron chi connectivity index (χ2n) is 4.62. The summed E-state index contributed by atoms with van der Waals surface area (Å²) in [4.78, 5) is 11.6. The van der Waals surface area contributed by atoms with Gasteiger partial charge >= 0.3 is 0 Å². The first kappa shape index (κ1) is 15.6. The van der Waals surface area contributed by atoms with Gasteiger partial charge in [0.2, 0.25) is 5.91 Å². The minimum Gasteiger partial charge on any atom is -0.388 e. The highest BCUT2D eigenvalue weighted by Gasteiger charge is 2.22. The number of carbonyl (C=O) groups is 1. The van der Waals surface area contributed by atoms with Gasteiger partial charge in [-0.1, -0.05) is 19.9 Å². The zero-order chi connectivity index (χ0) is 14.5. The molecule has 2 N–H and O–H groups in total. The van der Waals surface area contributed by atoms with Crippen LogP contribution in [0.15, 0.2) is 18.2 Å². The van der Waals surface area contributed by atoms with E-state index in [0.717, 1.165) is 12.1 Å². The Morgan fingerprint density at radius 3 is 2.47 bits per heavy atom. The standard InChI is InChI=1S/C14H19F2NO2/c1-3-14(19,4-2)9-17-13(18)7-10-5-6-11(15)8-12(10)16/h5-6,8,19H,3-4,7,9H2,1-2H3,(H,17,18). The molecule has 1 amide bonds. The Labute approximate surface area is 111 Å². The molecule has 0 heterocycles. The molecule has 0 bridgehead atoms. The maximum atomic E-state index is 13.3. The fourth-order valence-electron chi connectivity index (χ4n) is 1.66. The van der Waals surface area contributed by atoms with Crippen LogP contribution in [0, 0.1) is 11.6 Å². The van der Waals surface area contributed by atoms with E-state index in [1.54, 1.807) is 0 Å². The molecular formula is C14H19F2NO2. The average molecular weight is 271 g/mol. The van der Waals surface area contributed by atoms with Gasteiger partial charge in [-0.3, -0.25) is 4.79 Å². The van der Waals surface area contributed by atoms with Gasteiger partial charge in [-0.2, -0.15) is 0 Å². The van der Waals surface area contributed by atoms with Crippen molar-refractivity contribution >= 4 is 5.91 Å². The Balaban J connectivity index is 2.56. The monoisotopic (exact) mass is 271 g/mol. The molecule has 19 heavy (non-hydrogen) atoms. The number of rotatable bonds is 6. The van der Waals surface area contributed by atoms with Crippen LogP contribution in [-0.2, 0) is 11.2 Å². The van der Waals surface area contributed by atoms with Gasteiger partial charge in [0.05, 0.1) is 12.0 Å². The highest BCUT2D eigenvalue weighted by Crippen LogP contribution is 2.13. The van der Waals surface area contributed by atoms with Crippen LogP contribution >= 0.6 is 0 Å².